The van der Waals surface area contributed by atoms with Crippen LogP contribution in [0.5, 0.6) is 11.5 Å². The zero-order valence-electron chi connectivity index (χ0n) is 14.4. The third-order valence-corrected chi connectivity index (χ3v) is 4.66. The van der Waals surface area contributed by atoms with Gasteiger partial charge in [-0.1, -0.05) is 0 Å². The first-order valence-electron chi connectivity index (χ1n) is 8.59. The van der Waals surface area contributed by atoms with Crippen molar-refractivity contribution in [3.8, 4) is 11.5 Å². The minimum Gasteiger partial charge on any atom is -0.486 e. The zero-order chi connectivity index (χ0) is 18.1. The Morgan fingerprint density at radius 1 is 1.31 bits per heavy atom. The van der Waals surface area contributed by atoms with Gasteiger partial charge in [0, 0.05) is 31.4 Å². The van der Waals surface area contributed by atoms with Crippen molar-refractivity contribution in [1.29, 1.82) is 0 Å². The molecule has 0 aliphatic carbocycles. The second kappa shape index (κ2) is 6.70. The van der Waals surface area contributed by atoms with E-state index in [2.05, 4.69) is 15.6 Å². The fourth-order valence-corrected chi connectivity index (χ4v) is 3.31. The molecule has 26 heavy (non-hydrogen) atoms. The SMILES string of the molecule is Cn1ccnc1[C@@H]1NC(=O)CC[C@H]1NC(=O)c1ccc2c(c1)OCCO2. The van der Waals surface area contributed by atoms with Crippen LogP contribution in [0.4, 0.5) is 0 Å². The number of aromatic nitrogens is 2. The summed E-state index contributed by atoms with van der Waals surface area (Å²) in [5, 5.41) is 5.96. The monoisotopic (exact) mass is 356 g/mol. The van der Waals surface area contributed by atoms with Gasteiger partial charge in [-0.3, -0.25) is 9.59 Å². The summed E-state index contributed by atoms with van der Waals surface area (Å²) in [6.07, 6.45) is 4.41. The highest BCUT2D eigenvalue weighted by atomic mass is 16.6. The van der Waals surface area contributed by atoms with Gasteiger partial charge >= 0.3 is 0 Å². The average molecular weight is 356 g/mol. The van der Waals surface area contributed by atoms with Crippen molar-refractivity contribution in [2.45, 2.75) is 24.9 Å². The minimum atomic E-state index is -0.364. The molecule has 1 aromatic carbocycles. The summed E-state index contributed by atoms with van der Waals surface area (Å²) in [5.74, 6) is 1.67. The lowest BCUT2D eigenvalue weighted by Gasteiger charge is -2.32. The van der Waals surface area contributed by atoms with Crippen molar-refractivity contribution in [3.05, 3.63) is 42.0 Å². The number of hydrogen-bond donors (Lipinski definition) is 2. The Bertz CT molecular complexity index is 847. The molecule has 4 rings (SSSR count). The van der Waals surface area contributed by atoms with Crippen molar-refractivity contribution in [3.63, 3.8) is 0 Å². The molecule has 2 aliphatic heterocycles. The molecule has 8 heteroatoms. The van der Waals surface area contributed by atoms with Crippen molar-refractivity contribution >= 4 is 11.8 Å². The summed E-state index contributed by atoms with van der Waals surface area (Å²) < 4.78 is 12.9. The maximum Gasteiger partial charge on any atom is 0.251 e. The highest BCUT2D eigenvalue weighted by Crippen LogP contribution is 2.31. The van der Waals surface area contributed by atoms with Gasteiger partial charge in [0.25, 0.3) is 5.91 Å². The van der Waals surface area contributed by atoms with E-state index in [1.54, 1.807) is 24.4 Å². The zero-order valence-corrected chi connectivity index (χ0v) is 14.4. The number of hydrogen-bond acceptors (Lipinski definition) is 5. The molecule has 2 atom stereocenters. The van der Waals surface area contributed by atoms with Gasteiger partial charge in [0.05, 0.1) is 6.04 Å². The molecular weight excluding hydrogens is 336 g/mol. The Morgan fingerprint density at radius 2 is 2.12 bits per heavy atom. The van der Waals surface area contributed by atoms with E-state index in [1.165, 1.54) is 0 Å². The van der Waals surface area contributed by atoms with Gasteiger partial charge in [-0.05, 0) is 24.6 Å². The summed E-state index contributed by atoms with van der Waals surface area (Å²) in [6, 6.07) is 4.52. The van der Waals surface area contributed by atoms with Gasteiger partial charge < -0.3 is 24.7 Å². The summed E-state index contributed by atoms with van der Waals surface area (Å²) in [7, 11) is 1.86. The quantitative estimate of drug-likeness (QED) is 0.854. The smallest absolute Gasteiger partial charge is 0.251 e. The van der Waals surface area contributed by atoms with Gasteiger partial charge in [0.15, 0.2) is 11.5 Å². The molecule has 1 fully saturated rings. The number of amides is 2. The van der Waals surface area contributed by atoms with Crippen molar-refractivity contribution in [2.75, 3.05) is 13.2 Å². The fraction of sp³-hybridized carbons (Fsp3) is 0.389. The number of rotatable bonds is 3. The Balaban J connectivity index is 1.54. The predicted octanol–water partition coefficient (Wildman–Crippen LogP) is 0.941. The second-order valence-electron chi connectivity index (χ2n) is 6.42. The normalized spacial score (nSPS) is 21.8. The number of carbonyl (C=O) groups excluding carboxylic acids is 2. The highest BCUT2D eigenvalue weighted by molar-refractivity contribution is 5.95. The topological polar surface area (TPSA) is 94.5 Å². The standard InChI is InChI=1S/C18H20N4O4/c1-22-7-6-19-17(22)16-12(3-5-15(23)21-16)20-18(24)11-2-4-13-14(10-11)26-9-8-25-13/h2,4,6-7,10,12,16H,3,5,8-9H2,1H3,(H,20,24)(H,21,23)/t12-,16-/m1/s1. The van der Waals surface area contributed by atoms with Crippen LogP contribution >= 0.6 is 0 Å². The van der Waals surface area contributed by atoms with Crippen LogP contribution in [0, 0.1) is 0 Å². The second-order valence-corrected chi connectivity index (χ2v) is 6.42. The lowest BCUT2D eigenvalue weighted by atomic mass is 9.96. The van der Waals surface area contributed by atoms with E-state index in [-0.39, 0.29) is 23.9 Å². The van der Waals surface area contributed by atoms with Gasteiger partial charge in [-0.25, -0.2) is 4.98 Å². The Morgan fingerprint density at radius 3 is 2.88 bits per heavy atom. The van der Waals surface area contributed by atoms with E-state index >= 15 is 0 Å². The van der Waals surface area contributed by atoms with E-state index in [0.717, 1.165) is 0 Å². The molecular formula is C18H20N4O4. The van der Waals surface area contributed by atoms with Crippen LogP contribution in [0.25, 0.3) is 0 Å². The van der Waals surface area contributed by atoms with Gasteiger partial charge in [-0.15, -0.1) is 0 Å². The molecule has 2 aliphatic rings. The molecule has 1 saturated heterocycles. The molecule has 1 aromatic heterocycles. The molecule has 2 aromatic rings. The molecule has 0 spiro atoms. The number of nitrogens with zero attached hydrogens (tertiary/aromatic N) is 2. The number of aryl methyl sites for hydroxylation is 1. The summed E-state index contributed by atoms with van der Waals surface area (Å²) >= 11 is 0. The number of piperidine rings is 1. The van der Waals surface area contributed by atoms with Gasteiger partial charge in [-0.2, -0.15) is 0 Å². The lowest BCUT2D eigenvalue weighted by molar-refractivity contribution is -0.124. The molecule has 0 radical (unpaired) electrons. The fourth-order valence-electron chi connectivity index (χ4n) is 3.31. The highest BCUT2D eigenvalue weighted by Gasteiger charge is 2.33. The number of fused-ring (bicyclic) bond motifs is 1. The third kappa shape index (κ3) is 3.10. The first-order valence-corrected chi connectivity index (χ1v) is 8.59. The number of imidazole rings is 1. The summed E-state index contributed by atoms with van der Waals surface area (Å²) in [4.78, 5) is 28.9. The van der Waals surface area contributed by atoms with Crippen LogP contribution in [0.15, 0.2) is 30.6 Å². The van der Waals surface area contributed by atoms with Crippen molar-refractivity contribution in [2.24, 2.45) is 7.05 Å². The van der Waals surface area contributed by atoms with Gasteiger partial charge in [0.1, 0.15) is 25.1 Å². The number of ether oxygens (including phenoxy) is 2. The van der Waals surface area contributed by atoms with E-state index in [4.69, 9.17) is 9.47 Å². The Hall–Kier alpha value is -3.03. The van der Waals surface area contributed by atoms with E-state index in [1.807, 2.05) is 17.8 Å². The molecule has 136 valence electrons. The van der Waals surface area contributed by atoms with E-state index in [9.17, 15) is 9.59 Å². The lowest BCUT2D eigenvalue weighted by Crippen LogP contribution is -2.50. The Labute approximate surface area is 150 Å². The first-order chi connectivity index (χ1) is 12.6. The van der Waals surface area contributed by atoms with Crippen molar-refractivity contribution in [1.82, 2.24) is 20.2 Å². The average Bonchev–Trinajstić information content (AvgIpc) is 3.08. The predicted molar refractivity (Wildman–Crippen MR) is 92.0 cm³/mol. The largest absolute Gasteiger partial charge is 0.486 e. The van der Waals surface area contributed by atoms with Crippen LogP contribution in [-0.2, 0) is 11.8 Å². The van der Waals surface area contributed by atoms with Crippen LogP contribution < -0.4 is 20.1 Å². The van der Waals surface area contributed by atoms with Crippen LogP contribution in [0.1, 0.15) is 35.1 Å². The summed E-state index contributed by atoms with van der Waals surface area (Å²) in [6.45, 7) is 0.972. The van der Waals surface area contributed by atoms with Crippen LogP contribution in [0.3, 0.4) is 0 Å². The molecule has 0 saturated carbocycles. The number of nitrogens with one attached hydrogen (secondary N) is 2. The first kappa shape index (κ1) is 16.4. The molecule has 2 N–H and O–H groups in total. The third-order valence-electron chi connectivity index (χ3n) is 4.66. The minimum absolute atomic E-state index is 0.0390. The number of benzene rings is 1. The maximum atomic E-state index is 12.7. The Kier molecular flexibility index (Phi) is 4.24. The molecule has 3 heterocycles. The van der Waals surface area contributed by atoms with E-state index < -0.39 is 0 Å². The maximum absolute atomic E-state index is 12.7. The molecule has 0 bridgehead atoms. The van der Waals surface area contributed by atoms with E-state index in [0.29, 0.717) is 48.9 Å². The van der Waals surface area contributed by atoms with Crippen LogP contribution in [0.2, 0.25) is 0 Å². The number of carbonyl (C=O) groups is 2. The van der Waals surface area contributed by atoms with Crippen molar-refractivity contribution < 1.29 is 19.1 Å². The summed E-state index contributed by atoms with van der Waals surface area (Å²) in [5.41, 5.74) is 0.491. The molecule has 2 amide bonds. The molecule has 0 unspecified atom stereocenters. The van der Waals surface area contributed by atoms with Gasteiger partial charge in [0.2, 0.25) is 5.91 Å². The molecule has 8 nitrogen and oxygen atoms in total. The van der Waals surface area contributed by atoms with Crippen LogP contribution in [-0.4, -0.2) is 40.6 Å².